The molecule has 0 aliphatic rings. The zero-order valence-electron chi connectivity index (χ0n) is 13.7. The topological polar surface area (TPSA) is 83.7 Å². The van der Waals surface area contributed by atoms with Crippen LogP contribution < -0.4 is 10.0 Å². The summed E-state index contributed by atoms with van der Waals surface area (Å²) in [6.07, 6.45) is 0. The SMILES string of the molecule is CN(C)CCN(c1ccccc1)S(=O)(=O)c1ccc(C(N)=O)cc1. The van der Waals surface area contributed by atoms with Gasteiger partial charge in [-0.1, -0.05) is 18.2 Å². The Labute approximate surface area is 142 Å². The Morgan fingerprint density at radius 3 is 2.04 bits per heavy atom. The van der Waals surface area contributed by atoms with Crippen LogP contribution in [0.25, 0.3) is 0 Å². The molecule has 2 rings (SSSR count). The summed E-state index contributed by atoms with van der Waals surface area (Å²) in [5.41, 5.74) is 6.07. The van der Waals surface area contributed by atoms with Gasteiger partial charge >= 0.3 is 0 Å². The minimum absolute atomic E-state index is 0.120. The molecule has 0 saturated carbocycles. The van der Waals surface area contributed by atoms with E-state index in [0.29, 0.717) is 18.8 Å². The summed E-state index contributed by atoms with van der Waals surface area (Å²) < 4.78 is 27.4. The number of amides is 1. The van der Waals surface area contributed by atoms with Crippen LogP contribution in [0.15, 0.2) is 59.5 Å². The second-order valence-electron chi connectivity index (χ2n) is 5.60. The van der Waals surface area contributed by atoms with E-state index in [4.69, 9.17) is 5.73 Å². The standard InChI is InChI=1S/C17H21N3O3S/c1-19(2)12-13-20(15-6-4-3-5-7-15)24(22,23)16-10-8-14(9-11-16)17(18)21/h3-11H,12-13H2,1-2H3,(H2,18,21). The van der Waals surface area contributed by atoms with Crippen LogP contribution >= 0.6 is 0 Å². The Bertz CT molecular complexity index is 788. The maximum Gasteiger partial charge on any atom is 0.264 e. The van der Waals surface area contributed by atoms with Gasteiger partial charge in [-0.05, 0) is 50.5 Å². The fraction of sp³-hybridized carbons (Fsp3) is 0.235. The van der Waals surface area contributed by atoms with E-state index in [1.54, 1.807) is 24.3 Å². The van der Waals surface area contributed by atoms with E-state index in [9.17, 15) is 13.2 Å². The molecule has 0 heterocycles. The molecule has 24 heavy (non-hydrogen) atoms. The number of carbonyl (C=O) groups excluding carboxylic acids is 1. The molecular formula is C17H21N3O3S. The fourth-order valence-electron chi connectivity index (χ4n) is 2.19. The number of anilines is 1. The first-order valence-corrected chi connectivity index (χ1v) is 8.89. The quantitative estimate of drug-likeness (QED) is 0.823. The molecule has 2 N–H and O–H groups in total. The van der Waals surface area contributed by atoms with Crippen molar-refractivity contribution < 1.29 is 13.2 Å². The Balaban J connectivity index is 2.41. The van der Waals surface area contributed by atoms with Gasteiger partial charge in [0, 0.05) is 18.7 Å². The number of benzene rings is 2. The number of hydrogen-bond donors (Lipinski definition) is 1. The van der Waals surface area contributed by atoms with Crippen molar-refractivity contribution in [3.05, 3.63) is 60.2 Å². The van der Waals surface area contributed by atoms with Gasteiger partial charge in [0.1, 0.15) is 0 Å². The lowest BCUT2D eigenvalue weighted by atomic mass is 10.2. The molecule has 6 nitrogen and oxygen atoms in total. The Morgan fingerprint density at radius 2 is 1.54 bits per heavy atom. The molecule has 0 aromatic heterocycles. The molecular weight excluding hydrogens is 326 g/mol. The van der Waals surface area contributed by atoms with Gasteiger partial charge in [0.05, 0.1) is 10.6 Å². The molecule has 0 bridgehead atoms. The van der Waals surface area contributed by atoms with Crippen LogP contribution in [0.5, 0.6) is 0 Å². The van der Waals surface area contributed by atoms with Crippen molar-refractivity contribution in [1.82, 2.24) is 4.90 Å². The number of primary amides is 1. The average molecular weight is 347 g/mol. The first kappa shape index (κ1) is 18.0. The lowest BCUT2D eigenvalue weighted by Gasteiger charge is -2.26. The largest absolute Gasteiger partial charge is 0.366 e. The van der Waals surface area contributed by atoms with Crippen LogP contribution in [0.2, 0.25) is 0 Å². The third-order valence-electron chi connectivity index (χ3n) is 3.52. The number of hydrogen-bond acceptors (Lipinski definition) is 4. The number of para-hydroxylation sites is 1. The lowest BCUT2D eigenvalue weighted by molar-refractivity contribution is 0.1000. The average Bonchev–Trinajstić information content (AvgIpc) is 2.55. The fourth-order valence-corrected chi connectivity index (χ4v) is 3.65. The van der Waals surface area contributed by atoms with E-state index in [1.165, 1.54) is 28.6 Å². The molecule has 2 aromatic carbocycles. The number of likely N-dealkylation sites (N-methyl/N-ethyl adjacent to an activating group) is 1. The first-order valence-electron chi connectivity index (χ1n) is 7.45. The van der Waals surface area contributed by atoms with Crippen LogP contribution in [0.3, 0.4) is 0 Å². The lowest BCUT2D eigenvalue weighted by Crippen LogP contribution is -2.36. The van der Waals surface area contributed by atoms with E-state index >= 15 is 0 Å². The molecule has 128 valence electrons. The molecule has 0 aliphatic carbocycles. The van der Waals surface area contributed by atoms with Crippen LogP contribution in [0.1, 0.15) is 10.4 Å². The van der Waals surface area contributed by atoms with Crippen LogP contribution in [-0.2, 0) is 10.0 Å². The molecule has 0 saturated heterocycles. The Hall–Kier alpha value is -2.38. The second kappa shape index (κ2) is 7.46. The minimum Gasteiger partial charge on any atom is -0.366 e. The van der Waals surface area contributed by atoms with E-state index in [0.717, 1.165) is 0 Å². The van der Waals surface area contributed by atoms with E-state index < -0.39 is 15.9 Å². The number of sulfonamides is 1. The maximum absolute atomic E-state index is 13.0. The Morgan fingerprint density at radius 1 is 0.958 bits per heavy atom. The third-order valence-corrected chi connectivity index (χ3v) is 5.36. The number of carbonyl (C=O) groups is 1. The predicted octanol–water partition coefficient (Wildman–Crippen LogP) is 1.54. The molecule has 0 unspecified atom stereocenters. The Kier molecular flexibility index (Phi) is 5.58. The van der Waals surface area contributed by atoms with E-state index in [1.807, 2.05) is 25.1 Å². The van der Waals surface area contributed by atoms with Crippen molar-refractivity contribution in [2.45, 2.75) is 4.90 Å². The molecule has 0 fully saturated rings. The number of rotatable bonds is 7. The highest BCUT2D eigenvalue weighted by molar-refractivity contribution is 7.92. The van der Waals surface area contributed by atoms with Gasteiger partial charge in [0.25, 0.3) is 10.0 Å². The second-order valence-corrected chi connectivity index (χ2v) is 7.47. The van der Waals surface area contributed by atoms with E-state index in [-0.39, 0.29) is 10.5 Å². The summed E-state index contributed by atoms with van der Waals surface area (Å²) in [5.74, 6) is -0.591. The summed E-state index contributed by atoms with van der Waals surface area (Å²) in [6.45, 7) is 0.893. The number of nitrogens with two attached hydrogens (primary N) is 1. The smallest absolute Gasteiger partial charge is 0.264 e. The van der Waals surface area contributed by atoms with Crippen molar-refractivity contribution in [2.24, 2.45) is 5.73 Å². The van der Waals surface area contributed by atoms with Gasteiger partial charge in [0.15, 0.2) is 0 Å². The van der Waals surface area contributed by atoms with Crippen molar-refractivity contribution in [1.29, 1.82) is 0 Å². The molecule has 0 radical (unpaired) electrons. The van der Waals surface area contributed by atoms with Gasteiger partial charge in [0.2, 0.25) is 5.91 Å². The normalized spacial score (nSPS) is 11.5. The van der Waals surface area contributed by atoms with Crippen molar-refractivity contribution in [3.63, 3.8) is 0 Å². The van der Waals surface area contributed by atoms with Gasteiger partial charge < -0.3 is 10.6 Å². The third kappa shape index (κ3) is 4.12. The summed E-state index contributed by atoms with van der Waals surface area (Å²) in [6, 6.07) is 14.6. The number of nitrogens with zero attached hydrogens (tertiary/aromatic N) is 2. The summed E-state index contributed by atoms with van der Waals surface area (Å²) in [5, 5.41) is 0. The predicted molar refractivity (Wildman–Crippen MR) is 94.5 cm³/mol. The molecule has 0 atom stereocenters. The van der Waals surface area contributed by atoms with Gasteiger partial charge in [-0.25, -0.2) is 8.42 Å². The maximum atomic E-state index is 13.0. The molecule has 0 aliphatic heterocycles. The highest BCUT2D eigenvalue weighted by Crippen LogP contribution is 2.23. The molecule has 1 amide bonds. The highest BCUT2D eigenvalue weighted by atomic mass is 32.2. The minimum atomic E-state index is -3.74. The monoisotopic (exact) mass is 347 g/mol. The summed E-state index contributed by atoms with van der Waals surface area (Å²) >= 11 is 0. The van der Waals surface area contributed by atoms with Crippen LogP contribution in [-0.4, -0.2) is 46.4 Å². The summed E-state index contributed by atoms with van der Waals surface area (Å²) in [7, 11) is 0.0350. The molecule has 7 heteroatoms. The molecule has 2 aromatic rings. The zero-order chi connectivity index (χ0) is 17.7. The van der Waals surface area contributed by atoms with Gasteiger partial charge in [-0.15, -0.1) is 0 Å². The zero-order valence-corrected chi connectivity index (χ0v) is 14.5. The van der Waals surface area contributed by atoms with E-state index in [2.05, 4.69) is 0 Å². The summed E-state index contributed by atoms with van der Waals surface area (Å²) in [4.78, 5) is 13.2. The van der Waals surface area contributed by atoms with Crippen LogP contribution in [0, 0.1) is 0 Å². The van der Waals surface area contributed by atoms with Crippen molar-refractivity contribution in [3.8, 4) is 0 Å². The van der Waals surface area contributed by atoms with Crippen molar-refractivity contribution in [2.75, 3.05) is 31.5 Å². The first-order chi connectivity index (χ1) is 11.3. The van der Waals surface area contributed by atoms with Gasteiger partial charge in [-0.2, -0.15) is 0 Å². The van der Waals surface area contributed by atoms with Crippen LogP contribution in [0.4, 0.5) is 5.69 Å². The molecule has 0 spiro atoms. The highest BCUT2D eigenvalue weighted by Gasteiger charge is 2.24. The van der Waals surface area contributed by atoms with Gasteiger partial charge in [-0.3, -0.25) is 9.10 Å². The van der Waals surface area contributed by atoms with Crippen molar-refractivity contribution >= 4 is 21.6 Å².